The smallest absolute Gasteiger partial charge is 0.227 e. The van der Waals surface area contributed by atoms with Crippen molar-refractivity contribution in [2.24, 2.45) is 11.7 Å². The second-order valence-electron chi connectivity index (χ2n) is 4.70. The molecule has 0 spiro atoms. The first-order chi connectivity index (χ1) is 8.40. The van der Waals surface area contributed by atoms with E-state index in [1.54, 1.807) is 4.90 Å². The van der Waals surface area contributed by atoms with Gasteiger partial charge < -0.3 is 10.6 Å². The highest BCUT2D eigenvalue weighted by molar-refractivity contribution is 6.34. The standard InChI is InChI=1S/C13H15ClN2O2/c1-7-3-10(14)11(4-8(7)2)16-6-9(13(15)18)5-12(16)17/h3-4,9H,5-6H2,1-2H3,(H2,15,18). The number of nitrogens with zero attached hydrogens (tertiary/aromatic N) is 1. The first-order valence-corrected chi connectivity index (χ1v) is 6.14. The molecule has 0 radical (unpaired) electrons. The van der Waals surface area contributed by atoms with Crippen LogP contribution in [0.2, 0.25) is 5.02 Å². The molecule has 4 nitrogen and oxygen atoms in total. The number of primary amides is 1. The van der Waals surface area contributed by atoms with Gasteiger partial charge in [0.25, 0.3) is 0 Å². The number of benzene rings is 1. The molecule has 1 aromatic rings. The van der Waals surface area contributed by atoms with E-state index >= 15 is 0 Å². The minimum absolute atomic E-state index is 0.107. The molecule has 1 fully saturated rings. The van der Waals surface area contributed by atoms with Crippen LogP contribution in [0.5, 0.6) is 0 Å². The maximum absolute atomic E-state index is 11.9. The third kappa shape index (κ3) is 2.20. The molecular weight excluding hydrogens is 252 g/mol. The highest BCUT2D eigenvalue weighted by atomic mass is 35.5. The van der Waals surface area contributed by atoms with Crippen LogP contribution in [0.1, 0.15) is 17.5 Å². The number of halogens is 1. The summed E-state index contributed by atoms with van der Waals surface area (Å²) in [6, 6.07) is 3.70. The molecule has 1 aliphatic heterocycles. The van der Waals surface area contributed by atoms with Gasteiger partial charge in [-0.2, -0.15) is 0 Å². The summed E-state index contributed by atoms with van der Waals surface area (Å²) in [7, 11) is 0. The molecule has 0 aromatic heterocycles. The van der Waals surface area contributed by atoms with Gasteiger partial charge in [-0.05, 0) is 37.1 Å². The minimum atomic E-state index is -0.439. The van der Waals surface area contributed by atoms with E-state index in [9.17, 15) is 9.59 Å². The van der Waals surface area contributed by atoms with Gasteiger partial charge in [0.05, 0.1) is 16.6 Å². The van der Waals surface area contributed by atoms with Crippen molar-refractivity contribution in [3.05, 3.63) is 28.3 Å². The highest BCUT2D eigenvalue weighted by Crippen LogP contribution is 2.33. The Bertz CT molecular complexity index is 528. The molecule has 1 unspecified atom stereocenters. The molecule has 1 aromatic carbocycles. The molecule has 0 saturated carbocycles. The third-order valence-electron chi connectivity index (χ3n) is 3.38. The Morgan fingerprint density at radius 3 is 2.56 bits per heavy atom. The van der Waals surface area contributed by atoms with E-state index in [1.807, 2.05) is 26.0 Å². The maximum Gasteiger partial charge on any atom is 0.227 e. The monoisotopic (exact) mass is 266 g/mol. The number of nitrogens with two attached hydrogens (primary N) is 1. The average Bonchev–Trinajstić information content (AvgIpc) is 2.66. The van der Waals surface area contributed by atoms with Crippen molar-refractivity contribution in [2.45, 2.75) is 20.3 Å². The molecule has 0 bridgehead atoms. The molecule has 1 atom stereocenters. The molecule has 2 rings (SSSR count). The second-order valence-corrected chi connectivity index (χ2v) is 5.10. The van der Waals surface area contributed by atoms with Crippen molar-refractivity contribution in [1.82, 2.24) is 0 Å². The molecular formula is C13H15ClN2O2. The van der Waals surface area contributed by atoms with Gasteiger partial charge in [0.15, 0.2) is 0 Å². The van der Waals surface area contributed by atoms with Crippen molar-refractivity contribution >= 4 is 29.1 Å². The fourth-order valence-corrected chi connectivity index (χ4v) is 2.42. The van der Waals surface area contributed by atoms with Gasteiger partial charge >= 0.3 is 0 Å². The van der Waals surface area contributed by atoms with Gasteiger partial charge in [-0.1, -0.05) is 11.6 Å². The predicted octanol–water partition coefficient (Wildman–Crippen LogP) is 1.80. The van der Waals surface area contributed by atoms with Crippen LogP contribution in [0, 0.1) is 19.8 Å². The summed E-state index contributed by atoms with van der Waals surface area (Å²) >= 11 is 6.16. The number of aryl methyl sites for hydroxylation is 2. The van der Waals surface area contributed by atoms with E-state index in [-0.39, 0.29) is 12.3 Å². The number of carbonyl (C=O) groups is 2. The molecule has 2 amide bonds. The summed E-state index contributed by atoms with van der Waals surface area (Å²) in [6.07, 6.45) is 0.165. The fraction of sp³-hybridized carbons (Fsp3) is 0.385. The Labute approximate surface area is 111 Å². The summed E-state index contributed by atoms with van der Waals surface area (Å²) in [4.78, 5) is 24.6. The Morgan fingerprint density at radius 2 is 2.00 bits per heavy atom. The van der Waals surface area contributed by atoms with Crippen molar-refractivity contribution in [3.63, 3.8) is 0 Å². The molecule has 1 heterocycles. The summed E-state index contributed by atoms with van der Waals surface area (Å²) in [5.41, 5.74) is 8.03. The summed E-state index contributed by atoms with van der Waals surface area (Å²) in [6.45, 7) is 4.24. The van der Waals surface area contributed by atoms with E-state index < -0.39 is 11.8 Å². The van der Waals surface area contributed by atoms with Crippen LogP contribution in [0.25, 0.3) is 0 Å². The Morgan fingerprint density at radius 1 is 1.39 bits per heavy atom. The Kier molecular flexibility index (Phi) is 3.30. The molecule has 1 saturated heterocycles. The SMILES string of the molecule is Cc1cc(Cl)c(N2CC(C(N)=O)CC2=O)cc1C. The van der Waals surface area contributed by atoms with Gasteiger partial charge in [-0.25, -0.2) is 0 Å². The zero-order chi connectivity index (χ0) is 13.4. The quantitative estimate of drug-likeness (QED) is 0.887. The lowest BCUT2D eigenvalue weighted by Gasteiger charge is -2.19. The van der Waals surface area contributed by atoms with Crippen LogP contribution in [0.15, 0.2) is 12.1 Å². The van der Waals surface area contributed by atoms with Gasteiger partial charge in [0, 0.05) is 13.0 Å². The first-order valence-electron chi connectivity index (χ1n) is 5.76. The molecule has 0 aliphatic carbocycles. The van der Waals surface area contributed by atoms with E-state index in [0.29, 0.717) is 17.3 Å². The van der Waals surface area contributed by atoms with Crippen LogP contribution in [0.4, 0.5) is 5.69 Å². The van der Waals surface area contributed by atoms with Crippen molar-refractivity contribution in [1.29, 1.82) is 0 Å². The topological polar surface area (TPSA) is 63.4 Å². The lowest BCUT2D eigenvalue weighted by Crippen LogP contribution is -2.28. The first kappa shape index (κ1) is 12.9. The van der Waals surface area contributed by atoms with Crippen molar-refractivity contribution < 1.29 is 9.59 Å². The zero-order valence-corrected chi connectivity index (χ0v) is 11.1. The predicted molar refractivity (Wildman–Crippen MR) is 70.6 cm³/mol. The minimum Gasteiger partial charge on any atom is -0.369 e. The van der Waals surface area contributed by atoms with Gasteiger partial charge in [-0.15, -0.1) is 0 Å². The highest BCUT2D eigenvalue weighted by Gasteiger charge is 2.34. The molecule has 5 heteroatoms. The fourth-order valence-electron chi connectivity index (χ4n) is 2.10. The molecule has 1 aliphatic rings. The zero-order valence-electron chi connectivity index (χ0n) is 10.4. The molecule has 18 heavy (non-hydrogen) atoms. The van der Waals surface area contributed by atoms with Crippen LogP contribution >= 0.6 is 11.6 Å². The summed E-state index contributed by atoms with van der Waals surface area (Å²) in [5, 5.41) is 0.525. The number of carbonyl (C=O) groups excluding carboxylic acids is 2. The van der Waals surface area contributed by atoms with Gasteiger partial charge in [-0.3, -0.25) is 9.59 Å². The van der Waals surface area contributed by atoms with E-state index in [1.165, 1.54) is 0 Å². The van der Waals surface area contributed by atoms with Crippen molar-refractivity contribution in [2.75, 3.05) is 11.4 Å². The third-order valence-corrected chi connectivity index (χ3v) is 3.68. The Balaban J connectivity index is 2.35. The lowest BCUT2D eigenvalue weighted by molar-refractivity contribution is -0.123. The average molecular weight is 267 g/mol. The van der Waals surface area contributed by atoms with Gasteiger partial charge in [0.1, 0.15) is 0 Å². The molecule has 96 valence electrons. The summed E-state index contributed by atoms with van der Waals surface area (Å²) < 4.78 is 0. The number of hydrogen-bond acceptors (Lipinski definition) is 2. The van der Waals surface area contributed by atoms with E-state index in [0.717, 1.165) is 11.1 Å². The van der Waals surface area contributed by atoms with Crippen LogP contribution in [0.3, 0.4) is 0 Å². The van der Waals surface area contributed by atoms with E-state index in [2.05, 4.69) is 0 Å². The molecule has 2 N–H and O–H groups in total. The van der Waals surface area contributed by atoms with Gasteiger partial charge in [0.2, 0.25) is 11.8 Å². The van der Waals surface area contributed by atoms with Crippen molar-refractivity contribution in [3.8, 4) is 0 Å². The number of amides is 2. The second kappa shape index (κ2) is 4.61. The van der Waals surface area contributed by atoms with E-state index in [4.69, 9.17) is 17.3 Å². The number of rotatable bonds is 2. The number of hydrogen-bond donors (Lipinski definition) is 1. The Hall–Kier alpha value is -1.55. The summed E-state index contributed by atoms with van der Waals surface area (Å²) in [5.74, 6) is -0.968. The number of anilines is 1. The maximum atomic E-state index is 11.9. The largest absolute Gasteiger partial charge is 0.369 e. The van der Waals surface area contributed by atoms with Crippen LogP contribution in [-0.2, 0) is 9.59 Å². The van der Waals surface area contributed by atoms with Crippen LogP contribution < -0.4 is 10.6 Å². The van der Waals surface area contributed by atoms with Crippen LogP contribution in [-0.4, -0.2) is 18.4 Å². The normalized spacial score (nSPS) is 19.4. The lowest BCUT2D eigenvalue weighted by atomic mass is 10.1.